The van der Waals surface area contributed by atoms with Gasteiger partial charge in [-0.25, -0.2) is 0 Å². The molecule has 51 heavy (non-hydrogen) atoms. The maximum atomic E-state index is 6.95. The quantitative estimate of drug-likeness (QED) is 0.175. The predicted molar refractivity (Wildman–Crippen MR) is 218 cm³/mol. The number of anilines is 3. The summed E-state index contributed by atoms with van der Waals surface area (Å²) in [4.78, 5) is 2.35. The molecule has 8 aromatic carbocycles. The molecule has 0 saturated heterocycles. The molecule has 10 rings (SSSR count). The van der Waals surface area contributed by atoms with Gasteiger partial charge in [0.05, 0.1) is 5.69 Å². The average Bonchev–Trinajstić information content (AvgIpc) is 3.78. The maximum Gasteiger partial charge on any atom is 0.159 e. The molecule has 0 atom stereocenters. The molecule has 0 saturated carbocycles. The minimum atomic E-state index is 0.865. The van der Waals surface area contributed by atoms with Gasteiger partial charge < -0.3 is 9.32 Å². The fourth-order valence-corrected chi connectivity index (χ4v) is 8.59. The van der Waals surface area contributed by atoms with Crippen LogP contribution in [0.4, 0.5) is 17.1 Å². The lowest BCUT2D eigenvalue weighted by molar-refractivity contribution is 0.670. The van der Waals surface area contributed by atoms with Gasteiger partial charge in [0.2, 0.25) is 0 Å². The van der Waals surface area contributed by atoms with E-state index in [1.807, 2.05) is 11.3 Å². The first-order valence-corrected chi connectivity index (χ1v) is 18.1. The van der Waals surface area contributed by atoms with Crippen LogP contribution in [-0.2, 0) is 0 Å². The Morgan fingerprint density at radius 1 is 0.353 bits per heavy atom. The smallest absolute Gasteiger partial charge is 0.159 e. The number of fused-ring (bicyclic) bond motifs is 6. The number of nitrogens with zero attached hydrogens (tertiary/aromatic N) is 1. The Morgan fingerprint density at radius 3 is 1.63 bits per heavy atom. The molecule has 2 nitrogen and oxygen atoms in total. The predicted octanol–water partition coefficient (Wildman–Crippen LogP) is 14.4. The number of thiophene rings is 1. The number of para-hydroxylation sites is 2. The van der Waals surface area contributed by atoms with Crippen LogP contribution in [-0.4, -0.2) is 0 Å². The van der Waals surface area contributed by atoms with E-state index in [1.165, 1.54) is 42.4 Å². The number of benzene rings is 8. The monoisotopic (exact) mass is 669 g/mol. The second kappa shape index (κ2) is 12.2. The normalized spacial score (nSPS) is 11.5. The Labute approximate surface area is 300 Å². The van der Waals surface area contributed by atoms with Gasteiger partial charge in [0.25, 0.3) is 0 Å². The first kappa shape index (κ1) is 29.5. The summed E-state index contributed by atoms with van der Waals surface area (Å²) in [5, 5.41) is 4.75. The molecule has 3 heteroatoms. The third kappa shape index (κ3) is 5.01. The van der Waals surface area contributed by atoms with Gasteiger partial charge in [-0.15, -0.1) is 11.3 Å². The van der Waals surface area contributed by atoms with Crippen molar-refractivity contribution in [1.29, 1.82) is 0 Å². The molecule has 0 unspecified atom stereocenters. The van der Waals surface area contributed by atoms with Gasteiger partial charge >= 0.3 is 0 Å². The van der Waals surface area contributed by atoms with Crippen molar-refractivity contribution in [2.24, 2.45) is 0 Å². The lowest BCUT2D eigenvalue weighted by Crippen LogP contribution is -2.10. The van der Waals surface area contributed by atoms with Crippen molar-refractivity contribution in [3.8, 4) is 33.4 Å². The van der Waals surface area contributed by atoms with Gasteiger partial charge in [0.15, 0.2) is 5.58 Å². The number of furan rings is 1. The van der Waals surface area contributed by atoms with Gasteiger partial charge in [-0.1, -0.05) is 146 Å². The Hall–Kier alpha value is -6.42. The second-order valence-electron chi connectivity index (χ2n) is 12.9. The Balaban J connectivity index is 1.18. The molecule has 0 radical (unpaired) electrons. The average molecular weight is 670 g/mol. The zero-order chi connectivity index (χ0) is 33.7. The molecule has 0 aliphatic rings. The van der Waals surface area contributed by atoms with Crippen LogP contribution in [0.3, 0.4) is 0 Å². The van der Waals surface area contributed by atoms with Crippen molar-refractivity contribution in [2.45, 2.75) is 0 Å². The molecule has 0 spiro atoms. The van der Waals surface area contributed by atoms with Crippen molar-refractivity contribution in [3.05, 3.63) is 188 Å². The van der Waals surface area contributed by atoms with Crippen LogP contribution < -0.4 is 4.90 Å². The molecule has 0 amide bonds. The first-order chi connectivity index (χ1) is 25.3. The van der Waals surface area contributed by atoms with Crippen molar-refractivity contribution in [1.82, 2.24) is 0 Å². The number of rotatable bonds is 6. The van der Waals surface area contributed by atoms with Gasteiger partial charge in [-0.3, -0.25) is 0 Å². The van der Waals surface area contributed by atoms with E-state index in [4.69, 9.17) is 4.42 Å². The molecule has 2 aromatic heterocycles. The van der Waals surface area contributed by atoms with Crippen molar-refractivity contribution in [3.63, 3.8) is 0 Å². The molecule has 0 fully saturated rings. The van der Waals surface area contributed by atoms with E-state index < -0.39 is 0 Å². The number of hydrogen-bond acceptors (Lipinski definition) is 3. The van der Waals surface area contributed by atoms with Crippen molar-refractivity contribution < 1.29 is 4.42 Å². The summed E-state index contributed by atoms with van der Waals surface area (Å²) >= 11 is 1.84. The van der Waals surface area contributed by atoms with Crippen LogP contribution >= 0.6 is 11.3 Å². The van der Waals surface area contributed by atoms with Gasteiger partial charge in [0, 0.05) is 47.9 Å². The Bertz CT molecular complexity index is 2850. The van der Waals surface area contributed by atoms with E-state index in [1.54, 1.807) is 0 Å². The summed E-state index contributed by atoms with van der Waals surface area (Å²) in [6, 6.07) is 67.2. The highest BCUT2D eigenvalue weighted by molar-refractivity contribution is 7.25. The summed E-state index contributed by atoms with van der Waals surface area (Å²) in [7, 11) is 0. The molecule has 0 N–H and O–H groups in total. The highest BCUT2D eigenvalue weighted by Gasteiger charge is 2.22. The van der Waals surface area contributed by atoms with Crippen LogP contribution in [0, 0.1) is 0 Å². The Kier molecular flexibility index (Phi) is 7.04. The van der Waals surface area contributed by atoms with Crippen LogP contribution in [0.15, 0.2) is 192 Å². The fourth-order valence-electron chi connectivity index (χ4n) is 7.50. The molecule has 0 aliphatic heterocycles. The SMILES string of the molecule is c1ccc(-c2ccccc2-c2ccc(N(c3ccc4sc5ccccc5c4c3)c3cccc4c3oc3c(-c5ccccc5)cccc34)cc2)cc1. The van der Waals surface area contributed by atoms with Gasteiger partial charge in [0.1, 0.15) is 5.58 Å². The third-order valence-corrected chi connectivity index (χ3v) is 11.0. The van der Waals surface area contributed by atoms with E-state index in [0.29, 0.717) is 0 Å². The van der Waals surface area contributed by atoms with E-state index in [0.717, 1.165) is 50.1 Å². The minimum absolute atomic E-state index is 0.865. The van der Waals surface area contributed by atoms with Crippen LogP contribution in [0.1, 0.15) is 0 Å². The van der Waals surface area contributed by atoms with Crippen molar-refractivity contribution >= 4 is 70.5 Å². The standard InChI is InChI=1S/C48H31NOS/c1-3-13-32(14-4-1)37-17-7-8-18-38(37)34-25-27-35(28-26-34)49(36-29-30-46-43(31-36)40-19-9-10-24-45(40)51-46)44-23-12-22-42-41-21-11-20-39(47(41)50-48(42)44)33-15-5-2-6-16-33/h1-31H. The molecular formula is C48H31NOS. The minimum Gasteiger partial charge on any atom is -0.453 e. The maximum absolute atomic E-state index is 6.95. The highest BCUT2D eigenvalue weighted by atomic mass is 32.1. The van der Waals surface area contributed by atoms with Crippen LogP contribution in [0.25, 0.3) is 75.5 Å². The molecule has 240 valence electrons. The molecule has 2 heterocycles. The van der Waals surface area contributed by atoms with E-state index >= 15 is 0 Å². The third-order valence-electron chi connectivity index (χ3n) is 9.90. The highest BCUT2D eigenvalue weighted by Crippen LogP contribution is 2.46. The van der Waals surface area contributed by atoms with E-state index in [-0.39, 0.29) is 0 Å². The summed E-state index contributed by atoms with van der Waals surface area (Å²) in [6.45, 7) is 0. The second-order valence-corrected chi connectivity index (χ2v) is 14.0. The summed E-state index contributed by atoms with van der Waals surface area (Å²) in [5.41, 5.74) is 12.0. The lowest BCUT2D eigenvalue weighted by atomic mass is 9.94. The summed E-state index contributed by atoms with van der Waals surface area (Å²) in [5.74, 6) is 0. The van der Waals surface area contributed by atoms with E-state index in [9.17, 15) is 0 Å². The topological polar surface area (TPSA) is 16.4 Å². The molecule has 10 aromatic rings. The zero-order valence-electron chi connectivity index (χ0n) is 27.7. The van der Waals surface area contributed by atoms with E-state index in [2.05, 4.69) is 193 Å². The van der Waals surface area contributed by atoms with Crippen molar-refractivity contribution in [2.75, 3.05) is 4.90 Å². The number of hydrogen-bond donors (Lipinski definition) is 0. The van der Waals surface area contributed by atoms with Gasteiger partial charge in [-0.05, 0) is 70.3 Å². The fraction of sp³-hybridized carbons (Fsp3) is 0. The summed E-state index contributed by atoms with van der Waals surface area (Å²) < 4.78 is 9.53. The lowest BCUT2D eigenvalue weighted by Gasteiger charge is -2.26. The molecule has 0 aliphatic carbocycles. The summed E-state index contributed by atoms with van der Waals surface area (Å²) in [6.07, 6.45) is 0. The van der Waals surface area contributed by atoms with Gasteiger partial charge in [-0.2, -0.15) is 0 Å². The molecular weight excluding hydrogens is 639 g/mol. The first-order valence-electron chi connectivity index (χ1n) is 17.3. The van der Waals surface area contributed by atoms with Crippen LogP contribution in [0.2, 0.25) is 0 Å². The zero-order valence-corrected chi connectivity index (χ0v) is 28.5. The largest absolute Gasteiger partial charge is 0.453 e. The Morgan fingerprint density at radius 2 is 0.882 bits per heavy atom. The van der Waals surface area contributed by atoms with Crippen LogP contribution in [0.5, 0.6) is 0 Å². The molecule has 0 bridgehead atoms.